The number of ether oxygens (including phenoxy) is 1. The van der Waals surface area contributed by atoms with Gasteiger partial charge in [-0.3, -0.25) is 4.98 Å². The molecule has 2 heterocycles. The Hall–Kier alpha value is -2.24. The predicted octanol–water partition coefficient (Wildman–Crippen LogP) is 1.50. The van der Waals surface area contributed by atoms with Crippen molar-refractivity contribution < 1.29 is 13.9 Å². The van der Waals surface area contributed by atoms with Crippen LogP contribution in [-0.4, -0.2) is 27.8 Å². The van der Waals surface area contributed by atoms with Gasteiger partial charge >= 0.3 is 5.97 Å². The summed E-state index contributed by atoms with van der Waals surface area (Å²) < 4.78 is 19.3. The lowest BCUT2D eigenvalue weighted by Gasteiger charge is -2.03. The van der Waals surface area contributed by atoms with E-state index in [-0.39, 0.29) is 11.4 Å². The number of nitrogens with zero attached hydrogens (tertiary/aromatic N) is 3. The van der Waals surface area contributed by atoms with Gasteiger partial charge in [0, 0.05) is 11.9 Å². The molecule has 0 spiro atoms. The normalized spacial score (nSPS) is 10.3. The molecule has 88 valence electrons. The molecule has 2 aromatic rings. The molecule has 2 aromatic heterocycles. The minimum absolute atomic E-state index is 0.126. The van der Waals surface area contributed by atoms with Crippen LogP contribution in [0.4, 0.5) is 4.39 Å². The number of rotatable bonds is 2. The molecule has 5 nitrogen and oxygen atoms in total. The van der Waals surface area contributed by atoms with Gasteiger partial charge in [-0.15, -0.1) is 0 Å². The van der Waals surface area contributed by atoms with Gasteiger partial charge in [0.15, 0.2) is 11.5 Å². The first-order valence-electron chi connectivity index (χ1n) is 4.88. The summed E-state index contributed by atoms with van der Waals surface area (Å²) >= 11 is 0. The van der Waals surface area contributed by atoms with Crippen LogP contribution in [0.15, 0.2) is 24.5 Å². The zero-order chi connectivity index (χ0) is 12.4. The Bertz CT molecular complexity index is 566. The van der Waals surface area contributed by atoms with E-state index in [9.17, 15) is 9.18 Å². The number of halogens is 1. The maximum Gasteiger partial charge on any atom is 0.358 e. The van der Waals surface area contributed by atoms with E-state index in [1.165, 1.54) is 24.1 Å². The lowest BCUT2D eigenvalue weighted by Crippen LogP contribution is -2.05. The number of hydrogen-bond acceptors (Lipinski definition) is 4. The van der Waals surface area contributed by atoms with Gasteiger partial charge in [-0.25, -0.2) is 13.9 Å². The number of methoxy groups -OCH3 is 1. The average Bonchev–Trinajstić information content (AvgIpc) is 2.80. The Labute approximate surface area is 96.9 Å². The van der Waals surface area contributed by atoms with E-state index in [1.807, 2.05) is 0 Å². The molecule has 0 saturated carbocycles. The molecule has 0 aliphatic rings. The number of aryl methyl sites for hydroxylation is 1. The average molecular weight is 235 g/mol. The molecule has 0 amide bonds. The molecule has 0 radical (unpaired) electrons. The molecule has 0 bridgehead atoms. The number of aromatic nitrogens is 3. The summed E-state index contributed by atoms with van der Waals surface area (Å²) in [5.41, 5.74) is 1.03. The molecular formula is C11H10FN3O2. The second kappa shape index (κ2) is 4.32. The van der Waals surface area contributed by atoms with Crippen molar-refractivity contribution in [2.24, 2.45) is 0 Å². The summed E-state index contributed by atoms with van der Waals surface area (Å²) in [6.07, 6.45) is 2.61. The summed E-state index contributed by atoms with van der Waals surface area (Å²) in [6.45, 7) is 1.74. The van der Waals surface area contributed by atoms with Crippen molar-refractivity contribution in [2.45, 2.75) is 6.92 Å². The second-order valence-electron chi connectivity index (χ2n) is 3.41. The minimum Gasteiger partial charge on any atom is -0.464 e. The molecular weight excluding hydrogens is 225 g/mol. The number of carbonyl (C=O) groups excluding carboxylic acids is 1. The van der Waals surface area contributed by atoms with Gasteiger partial charge in [0.05, 0.1) is 13.3 Å². The number of carbonyl (C=O) groups is 1. The van der Waals surface area contributed by atoms with Crippen LogP contribution >= 0.6 is 0 Å². The highest BCUT2D eigenvalue weighted by atomic mass is 19.1. The lowest BCUT2D eigenvalue weighted by molar-refractivity contribution is 0.0593. The van der Waals surface area contributed by atoms with Gasteiger partial charge in [0.2, 0.25) is 0 Å². The Morgan fingerprint density at radius 2 is 2.29 bits per heavy atom. The van der Waals surface area contributed by atoms with E-state index < -0.39 is 11.8 Å². The Kier molecular flexibility index (Phi) is 2.86. The highest BCUT2D eigenvalue weighted by molar-refractivity contribution is 5.86. The third-order valence-electron chi connectivity index (χ3n) is 2.20. The predicted molar refractivity (Wildman–Crippen MR) is 57.4 cm³/mol. The van der Waals surface area contributed by atoms with Crippen molar-refractivity contribution in [2.75, 3.05) is 7.11 Å². The summed E-state index contributed by atoms with van der Waals surface area (Å²) in [4.78, 5) is 15.0. The third-order valence-corrected chi connectivity index (χ3v) is 2.20. The summed E-state index contributed by atoms with van der Waals surface area (Å²) in [7, 11) is 1.26. The van der Waals surface area contributed by atoms with Crippen LogP contribution in [0, 0.1) is 12.7 Å². The molecule has 0 unspecified atom stereocenters. The topological polar surface area (TPSA) is 57.0 Å². The Morgan fingerprint density at radius 1 is 1.53 bits per heavy atom. The molecule has 0 aromatic carbocycles. The van der Waals surface area contributed by atoms with E-state index in [2.05, 4.69) is 14.8 Å². The first-order chi connectivity index (χ1) is 8.11. The number of pyridine rings is 1. The van der Waals surface area contributed by atoms with E-state index in [0.717, 1.165) is 6.20 Å². The summed E-state index contributed by atoms with van der Waals surface area (Å²) in [5, 5.41) is 3.93. The smallest absolute Gasteiger partial charge is 0.358 e. The third kappa shape index (κ3) is 2.15. The minimum atomic E-state index is -0.560. The lowest BCUT2D eigenvalue weighted by atomic mass is 10.3. The second-order valence-corrected chi connectivity index (χ2v) is 3.41. The van der Waals surface area contributed by atoms with Crippen LogP contribution in [-0.2, 0) is 4.74 Å². The highest BCUT2D eigenvalue weighted by Gasteiger charge is 2.12. The molecule has 17 heavy (non-hydrogen) atoms. The van der Waals surface area contributed by atoms with E-state index in [0.29, 0.717) is 5.69 Å². The number of hydrogen-bond donors (Lipinski definition) is 0. The zero-order valence-corrected chi connectivity index (χ0v) is 9.35. The summed E-state index contributed by atoms with van der Waals surface area (Å²) in [6, 6.07) is 3.00. The quantitative estimate of drug-likeness (QED) is 0.740. The molecule has 0 atom stereocenters. The molecule has 0 saturated heterocycles. The molecule has 2 rings (SSSR count). The first-order valence-corrected chi connectivity index (χ1v) is 4.88. The van der Waals surface area contributed by atoms with Crippen molar-refractivity contribution >= 4 is 5.97 Å². The molecule has 6 heteroatoms. The van der Waals surface area contributed by atoms with Gasteiger partial charge in [0.25, 0.3) is 0 Å². The van der Waals surface area contributed by atoms with Crippen LogP contribution in [0.25, 0.3) is 5.69 Å². The molecule has 0 N–H and O–H groups in total. The molecule has 0 aliphatic heterocycles. The Balaban J connectivity index is 2.43. The van der Waals surface area contributed by atoms with Crippen molar-refractivity contribution in [1.29, 1.82) is 0 Å². The van der Waals surface area contributed by atoms with Gasteiger partial charge in [-0.1, -0.05) is 0 Å². The van der Waals surface area contributed by atoms with E-state index >= 15 is 0 Å². The largest absolute Gasteiger partial charge is 0.464 e. The van der Waals surface area contributed by atoms with Crippen molar-refractivity contribution in [3.05, 3.63) is 41.7 Å². The fourth-order valence-electron chi connectivity index (χ4n) is 1.38. The van der Waals surface area contributed by atoms with E-state index in [4.69, 9.17) is 0 Å². The van der Waals surface area contributed by atoms with Crippen LogP contribution < -0.4 is 0 Å². The Morgan fingerprint density at radius 3 is 3.00 bits per heavy atom. The molecule has 0 aliphatic carbocycles. The number of esters is 1. The fraction of sp³-hybridized carbons (Fsp3) is 0.182. The van der Waals surface area contributed by atoms with Crippen molar-refractivity contribution in [3.8, 4) is 5.69 Å². The van der Waals surface area contributed by atoms with Gasteiger partial charge < -0.3 is 4.74 Å². The van der Waals surface area contributed by atoms with E-state index in [1.54, 1.807) is 13.0 Å². The maximum absolute atomic E-state index is 13.5. The highest BCUT2D eigenvalue weighted by Crippen LogP contribution is 2.13. The van der Waals surface area contributed by atoms with Gasteiger partial charge in [-0.05, 0) is 19.1 Å². The van der Waals surface area contributed by atoms with Crippen molar-refractivity contribution in [1.82, 2.24) is 14.8 Å². The first kappa shape index (κ1) is 11.3. The van der Waals surface area contributed by atoms with Crippen molar-refractivity contribution in [3.63, 3.8) is 0 Å². The van der Waals surface area contributed by atoms with Crippen LogP contribution in [0.5, 0.6) is 0 Å². The van der Waals surface area contributed by atoms with Gasteiger partial charge in [-0.2, -0.15) is 5.10 Å². The van der Waals surface area contributed by atoms with Crippen LogP contribution in [0.3, 0.4) is 0 Å². The van der Waals surface area contributed by atoms with Crippen LogP contribution in [0.1, 0.15) is 16.2 Å². The van der Waals surface area contributed by atoms with Crippen LogP contribution in [0.2, 0.25) is 0 Å². The zero-order valence-electron chi connectivity index (χ0n) is 9.35. The fourth-order valence-corrected chi connectivity index (χ4v) is 1.38. The standard InChI is InChI=1S/C11H10FN3O2/c1-7-5-10(8(12)6-13-7)15-4-3-9(14-15)11(16)17-2/h3-6H,1-2H3. The summed E-state index contributed by atoms with van der Waals surface area (Å²) in [5.74, 6) is -1.06. The van der Waals surface area contributed by atoms with Gasteiger partial charge in [0.1, 0.15) is 5.69 Å². The maximum atomic E-state index is 13.5. The SMILES string of the molecule is COC(=O)c1ccn(-c2cc(C)ncc2F)n1. The monoisotopic (exact) mass is 235 g/mol. The molecule has 0 fully saturated rings.